The summed E-state index contributed by atoms with van der Waals surface area (Å²) in [6.45, 7) is 6.52. The molecule has 0 radical (unpaired) electrons. The molecular formula is C29H38F3N5O5S. The van der Waals surface area contributed by atoms with Crippen molar-refractivity contribution in [2.75, 3.05) is 18.9 Å². The number of fused-ring (bicyclic) bond motifs is 1. The first-order chi connectivity index (χ1) is 20.2. The van der Waals surface area contributed by atoms with Gasteiger partial charge in [-0.25, -0.2) is 13.2 Å². The summed E-state index contributed by atoms with van der Waals surface area (Å²) in [5.74, 6) is -1.48. The number of aromatic nitrogens is 2. The zero-order chi connectivity index (χ0) is 31.5. The molecule has 0 bridgehead atoms. The van der Waals surface area contributed by atoms with Gasteiger partial charge in [-0.1, -0.05) is 20.8 Å². The van der Waals surface area contributed by atoms with Gasteiger partial charge in [0.05, 0.1) is 39.6 Å². The van der Waals surface area contributed by atoms with Gasteiger partial charge in [-0.05, 0) is 61.3 Å². The molecule has 0 aromatic carbocycles. The van der Waals surface area contributed by atoms with Crippen LogP contribution in [0.1, 0.15) is 85.8 Å². The number of nitrogens with two attached hydrogens (primary N) is 1. The van der Waals surface area contributed by atoms with E-state index in [2.05, 4.69) is 34.0 Å². The maximum absolute atomic E-state index is 13.3. The van der Waals surface area contributed by atoms with Gasteiger partial charge in [-0.3, -0.25) is 19.7 Å². The van der Waals surface area contributed by atoms with E-state index < -0.39 is 40.0 Å². The van der Waals surface area contributed by atoms with Crippen LogP contribution in [-0.2, 0) is 21.1 Å². The summed E-state index contributed by atoms with van der Waals surface area (Å²) in [7, 11) is -3.48. The van der Waals surface area contributed by atoms with Crippen LogP contribution in [0.2, 0.25) is 0 Å². The minimum Gasteiger partial charge on any atom is -0.447 e. The molecule has 2 aromatic heterocycles. The van der Waals surface area contributed by atoms with Crippen molar-refractivity contribution in [3.63, 3.8) is 0 Å². The van der Waals surface area contributed by atoms with Crippen molar-refractivity contribution in [2.24, 2.45) is 23.5 Å². The number of ether oxygens (including phenoxy) is 1. The van der Waals surface area contributed by atoms with Crippen molar-refractivity contribution >= 4 is 21.8 Å². The first-order valence-corrected chi connectivity index (χ1v) is 16.1. The van der Waals surface area contributed by atoms with E-state index in [4.69, 9.17) is 10.5 Å². The molecule has 3 N–H and O–H groups in total. The molecule has 1 aliphatic heterocycles. The molecule has 2 aromatic rings. The van der Waals surface area contributed by atoms with Crippen LogP contribution in [0.3, 0.4) is 0 Å². The molecule has 1 unspecified atom stereocenters. The molecule has 236 valence electrons. The van der Waals surface area contributed by atoms with Gasteiger partial charge in [-0.15, -0.1) is 0 Å². The minimum atomic E-state index is -4.14. The lowest BCUT2D eigenvalue weighted by molar-refractivity contribution is -0.184. The normalized spacial score (nSPS) is 21.8. The summed E-state index contributed by atoms with van der Waals surface area (Å²) in [5.41, 5.74) is 7.38. The zero-order valence-electron chi connectivity index (χ0n) is 24.4. The van der Waals surface area contributed by atoms with E-state index in [1.165, 1.54) is 31.5 Å². The number of nitrogens with one attached hydrogen (secondary N) is 1. The van der Waals surface area contributed by atoms with Crippen LogP contribution in [-0.4, -0.2) is 60.4 Å². The summed E-state index contributed by atoms with van der Waals surface area (Å²) in [6.07, 6.45) is -1.18. The summed E-state index contributed by atoms with van der Waals surface area (Å²) in [6, 6.07) is 3.62. The number of sulfone groups is 1. The van der Waals surface area contributed by atoms with Crippen molar-refractivity contribution < 1.29 is 35.9 Å². The Balaban J connectivity index is 1.48. The highest BCUT2D eigenvalue weighted by Crippen LogP contribution is 2.43. The summed E-state index contributed by atoms with van der Waals surface area (Å²) in [4.78, 5) is 35.7. The lowest BCUT2D eigenvalue weighted by Gasteiger charge is -2.35. The molecule has 0 saturated heterocycles. The Morgan fingerprint density at radius 2 is 1.84 bits per heavy atom. The van der Waals surface area contributed by atoms with Gasteiger partial charge < -0.3 is 15.8 Å². The molecule has 1 fully saturated rings. The zero-order valence-corrected chi connectivity index (χ0v) is 25.2. The number of amides is 2. The van der Waals surface area contributed by atoms with E-state index in [0.717, 1.165) is 11.3 Å². The minimum absolute atomic E-state index is 0.0220. The number of hydrogen-bond acceptors (Lipinski definition) is 8. The molecule has 4 rings (SSSR count). The fourth-order valence-electron chi connectivity index (χ4n) is 6.00. The van der Waals surface area contributed by atoms with Crippen molar-refractivity contribution in [1.29, 1.82) is 0 Å². The fourth-order valence-corrected chi connectivity index (χ4v) is 6.83. The second-order valence-electron chi connectivity index (χ2n) is 11.6. The molecule has 2 aliphatic rings. The average Bonchev–Trinajstić information content (AvgIpc) is 3.32. The Bertz CT molecular complexity index is 1410. The van der Waals surface area contributed by atoms with Gasteiger partial charge in [0, 0.05) is 25.5 Å². The van der Waals surface area contributed by atoms with Gasteiger partial charge in [0.2, 0.25) is 0 Å². The van der Waals surface area contributed by atoms with Crippen LogP contribution >= 0.6 is 0 Å². The largest absolute Gasteiger partial charge is 0.447 e. The van der Waals surface area contributed by atoms with Crippen LogP contribution in [0.15, 0.2) is 35.5 Å². The average molecular weight is 626 g/mol. The fraction of sp³-hybridized carbons (Fsp3) is 0.586. The Hall–Kier alpha value is -3.26. The maximum Gasteiger partial charge on any atom is 0.404 e. The molecule has 14 heteroatoms. The van der Waals surface area contributed by atoms with Gasteiger partial charge in [-0.2, -0.15) is 13.2 Å². The SMILES string of the molecule is CCS(=O)(=O)c1ccc([C@@H](COC(N)=O)NC(=O)c2cnc3c(c2)CN(CC2CCC(C(F)(F)F)CC2)C3C(C)C)nc1. The Morgan fingerprint density at radius 1 is 1.14 bits per heavy atom. The van der Waals surface area contributed by atoms with E-state index in [9.17, 15) is 31.2 Å². The smallest absolute Gasteiger partial charge is 0.404 e. The monoisotopic (exact) mass is 625 g/mol. The van der Waals surface area contributed by atoms with E-state index in [0.29, 0.717) is 25.9 Å². The third kappa shape index (κ3) is 7.83. The second-order valence-corrected chi connectivity index (χ2v) is 13.9. The third-order valence-electron chi connectivity index (χ3n) is 8.30. The first kappa shape index (κ1) is 32.6. The first-order valence-electron chi connectivity index (χ1n) is 14.4. The topological polar surface area (TPSA) is 145 Å². The van der Waals surface area contributed by atoms with Crippen molar-refractivity contribution in [2.45, 2.75) is 76.2 Å². The molecule has 2 amide bonds. The van der Waals surface area contributed by atoms with Crippen molar-refractivity contribution in [1.82, 2.24) is 20.2 Å². The molecular weight excluding hydrogens is 587 g/mol. The number of rotatable bonds is 10. The van der Waals surface area contributed by atoms with E-state index in [-0.39, 0.29) is 59.2 Å². The molecule has 1 saturated carbocycles. The molecule has 10 nitrogen and oxygen atoms in total. The number of nitrogens with zero attached hydrogens (tertiary/aromatic N) is 3. The van der Waals surface area contributed by atoms with Crippen molar-refractivity contribution in [3.8, 4) is 0 Å². The van der Waals surface area contributed by atoms with Gasteiger partial charge >= 0.3 is 12.3 Å². The highest BCUT2D eigenvalue weighted by Gasteiger charge is 2.42. The van der Waals surface area contributed by atoms with Gasteiger partial charge in [0.25, 0.3) is 5.91 Å². The molecule has 0 spiro atoms. The van der Waals surface area contributed by atoms with Crippen LogP contribution in [0.25, 0.3) is 0 Å². The number of carbonyl (C=O) groups is 2. The highest BCUT2D eigenvalue weighted by molar-refractivity contribution is 7.91. The van der Waals surface area contributed by atoms with E-state index >= 15 is 0 Å². The Morgan fingerprint density at radius 3 is 2.40 bits per heavy atom. The van der Waals surface area contributed by atoms with E-state index in [1.54, 1.807) is 6.07 Å². The standard InChI is InChI=1S/C29H38F3N5O5S/c1-4-43(40,41)22-9-10-23(34-13-22)24(16-42-28(33)39)36-27(38)19-11-20-15-37(26(17(2)3)25(20)35-12-19)14-18-5-7-21(8-6-18)29(30,31)32/h9-13,17-18,21,24,26H,4-8,14-16H2,1-3H3,(H2,33,39)(H,36,38)/t18?,21?,24-,26?/m1/s1. The quantitative estimate of drug-likeness (QED) is 0.386. The highest BCUT2D eigenvalue weighted by atomic mass is 32.2. The number of primary amides is 1. The van der Waals surface area contributed by atoms with Crippen LogP contribution in [0.5, 0.6) is 0 Å². The van der Waals surface area contributed by atoms with Gasteiger partial charge in [0.1, 0.15) is 12.6 Å². The van der Waals surface area contributed by atoms with Crippen LogP contribution < -0.4 is 11.1 Å². The second kappa shape index (κ2) is 13.2. The molecule has 1 aliphatic carbocycles. The number of carbonyl (C=O) groups excluding carboxylic acids is 2. The van der Waals surface area contributed by atoms with Crippen LogP contribution in [0.4, 0.5) is 18.0 Å². The Kier molecular flexibility index (Phi) is 10.00. The summed E-state index contributed by atoms with van der Waals surface area (Å²) >= 11 is 0. The number of halogens is 3. The maximum atomic E-state index is 13.3. The van der Waals surface area contributed by atoms with Gasteiger partial charge in [0.15, 0.2) is 9.84 Å². The number of alkyl halides is 3. The third-order valence-corrected chi connectivity index (χ3v) is 10.0. The number of hydrogen-bond donors (Lipinski definition) is 2. The lowest BCUT2D eigenvalue weighted by Crippen LogP contribution is -2.35. The molecule has 43 heavy (non-hydrogen) atoms. The van der Waals surface area contributed by atoms with Crippen molar-refractivity contribution in [3.05, 3.63) is 53.1 Å². The number of pyridine rings is 2. The summed E-state index contributed by atoms with van der Waals surface area (Å²) < 4.78 is 68.7. The lowest BCUT2D eigenvalue weighted by atomic mass is 9.81. The summed E-state index contributed by atoms with van der Waals surface area (Å²) in [5, 5.41) is 2.77. The molecule has 3 heterocycles. The predicted octanol–water partition coefficient (Wildman–Crippen LogP) is 4.72. The van der Waals surface area contributed by atoms with Crippen LogP contribution in [0, 0.1) is 17.8 Å². The predicted molar refractivity (Wildman–Crippen MR) is 151 cm³/mol. The molecule has 2 atom stereocenters. The Labute approximate surface area is 249 Å². The van der Waals surface area contributed by atoms with E-state index in [1.807, 2.05) is 0 Å².